The van der Waals surface area contributed by atoms with Crippen molar-refractivity contribution in [3.63, 3.8) is 0 Å². The summed E-state index contributed by atoms with van der Waals surface area (Å²) in [5.41, 5.74) is 3.27. The van der Waals surface area contributed by atoms with Crippen LogP contribution < -0.4 is 15.4 Å². The van der Waals surface area contributed by atoms with Crippen LogP contribution in [-0.4, -0.2) is 40.2 Å². The van der Waals surface area contributed by atoms with Gasteiger partial charge in [-0.25, -0.2) is 9.97 Å². The molecular formula is C28H32ClFN6O. The van der Waals surface area contributed by atoms with Crippen LogP contribution in [0.25, 0.3) is 11.0 Å². The van der Waals surface area contributed by atoms with Crippen molar-refractivity contribution in [3.8, 4) is 6.07 Å². The Balaban J connectivity index is 1.42. The van der Waals surface area contributed by atoms with Crippen molar-refractivity contribution in [3.05, 3.63) is 57.0 Å². The Morgan fingerprint density at radius 1 is 1.11 bits per heavy atom. The first-order valence-electron chi connectivity index (χ1n) is 13.0. The molecule has 0 amide bonds. The number of rotatable bonds is 6. The van der Waals surface area contributed by atoms with Crippen molar-refractivity contribution >= 4 is 34.0 Å². The zero-order chi connectivity index (χ0) is 26.3. The Bertz CT molecular complexity index is 1420. The molecule has 37 heavy (non-hydrogen) atoms. The van der Waals surface area contributed by atoms with Crippen molar-refractivity contribution in [2.45, 2.75) is 64.0 Å². The average molecular weight is 523 g/mol. The van der Waals surface area contributed by atoms with E-state index in [1.54, 1.807) is 19.2 Å². The average Bonchev–Trinajstić information content (AvgIpc) is 2.86. The molecule has 3 aromatic rings. The third-order valence-electron chi connectivity index (χ3n) is 8.31. The van der Waals surface area contributed by atoms with E-state index in [0.29, 0.717) is 33.8 Å². The van der Waals surface area contributed by atoms with Crippen molar-refractivity contribution in [1.29, 1.82) is 5.26 Å². The number of aryl methyl sites for hydroxylation is 2. The van der Waals surface area contributed by atoms with Crippen molar-refractivity contribution < 1.29 is 4.39 Å². The van der Waals surface area contributed by atoms with Crippen molar-refractivity contribution in [2.24, 2.45) is 13.0 Å². The number of fused-ring (bicyclic) bond motifs is 1. The van der Waals surface area contributed by atoms with Crippen LogP contribution in [0, 0.1) is 30.1 Å². The Morgan fingerprint density at radius 3 is 2.43 bits per heavy atom. The first-order valence-corrected chi connectivity index (χ1v) is 13.4. The molecule has 2 fully saturated rings. The molecule has 2 aliphatic carbocycles. The second-order valence-electron chi connectivity index (χ2n) is 10.5. The maximum absolute atomic E-state index is 13.8. The van der Waals surface area contributed by atoms with Crippen LogP contribution in [0.1, 0.15) is 56.2 Å². The molecule has 0 radical (unpaired) electrons. The molecular weight excluding hydrogens is 491 g/mol. The van der Waals surface area contributed by atoms with E-state index < -0.39 is 5.95 Å². The fraction of sp³-hybridized carbons (Fsp3) is 0.500. The van der Waals surface area contributed by atoms with Gasteiger partial charge in [0.2, 0.25) is 5.95 Å². The summed E-state index contributed by atoms with van der Waals surface area (Å²) in [5, 5.41) is 10.2. The minimum Gasteiger partial charge on any atom is -0.369 e. The summed E-state index contributed by atoms with van der Waals surface area (Å²) in [5.74, 6) is 0.226. The molecule has 0 atom stereocenters. The predicted molar refractivity (Wildman–Crippen MR) is 145 cm³/mol. The van der Waals surface area contributed by atoms with Crippen LogP contribution in [0.15, 0.2) is 29.1 Å². The highest BCUT2D eigenvalue weighted by molar-refractivity contribution is 6.29. The number of pyridine rings is 3. The fourth-order valence-electron chi connectivity index (χ4n) is 5.98. The fourth-order valence-corrected chi connectivity index (χ4v) is 6.13. The van der Waals surface area contributed by atoms with E-state index in [0.717, 1.165) is 43.6 Å². The molecule has 9 heteroatoms. The molecule has 3 heterocycles. The first-order chi connectivity index (χ1) is 17.8. The zero-order valence-electron chi connectivity index (χ0n) is 21.5. The molecule has 0 aliphatic heterocycles. The molecule has 3 aromatic heterocycles. The second kappa shape index (κ2) is 10.3. The van der Waals surface area contributed by atoms with Gasteiger partial charge in [0.05, 0.1) is 22.6 Å². The van der Waals surface area contributed by atoms with Crippen molar-refractivity contribution in [2.75, 3.05) is 23.4 Å². The minimum atomic E-state index is -0.446. The highest BCUT2D eigenvalue weighted by Gasteiger charge is 2.33. The standard InChI is InChI=1S/C28H32ClFN6O/c1-17-22(12-14-25(30)32-17)36(16-18-5-4-6-18)20-9-7-19(8-10-20)34(2)27-21(15-31)28(37)35(3)23-11-13-24(29)33-26(23)27/h11-14,18-20H,4-10,16H2,1-3H3. The monoisotopic (exact) mass is 522 g/mol. The maximum atomic E-state index is 13.8. The minimum absolute atomic E-state index is 0.0917. The van der Waals surface area contributed by atoms with E-state index in [-0.39, 0.29) is 17.2 Å². The molecule has 5 rings (SSSR count). The smallest absolute Gasteiger partial charge is 0.270 e. The van der Waals surface area contributed by atoms with Crippen molar-refractivity contribution in [1.82, 2.24) is 14.5 Å². The van der Waals surface area contributed by atoms with Gasteiger partial charge in [-0.15, -0.1) is 0 Å². The summed E-state index contributed by atoms with van der Waals surface area (Å²) in [6, 6.07) is 9.37. The summed E-state index contributed by atoms with van der Waals surface area (Å²) >= 11 is 6.23. The van der Waals surface area contributed by atoms with Gasteiger partial charge >= 0.3 is 0 Å². The lowest BCUT2D eigenvalue weighted by molar-refractivity contribution is 0.290. The summed E-state index contributed by atoms with van der Waals surface area (Å²) in [7, 11) is 3.60. The maximum Gasteiger partial charge on any atom is 0.270 e. The number of nitriles is 1. The number of anilines is 2. The summed E-state index contributed by atoms with van der Waals surface area (Å²) < 4.78 is 15.2. The third kappa shape index (κ3) is 4.77. The number of aromatic nitrogens is 3. The number of nitrogens with zero attached hydrogens (tertiary/aromatic N) is 6. The second-order valence-corrected chi connectivity index (χ2v) is 10.8. The lowest BCUT2D eigenvalue weighted by Gasteiger charge is -2.44. The molecule has 7 nitrogen and oxygen atoms in total. The van der Waals surface area contributed by atoms with Gasteiger partial charge in [-0.2, -0.15) is 9.65 Å². The van der Waals surface area contributed by atoms with E-state index >= 15 is 0 Å². The molecule has 2 aliphatic rings. The van der Waals surface area contributed by atoms with Gasteiger partial charge in [0, 0.05) is 32.7 Å². The molecule has 0 N–H and O–H groups in total. The lowest BCUT2D eigenvalue weighted by atomic mass is 9.83. The van der Waals surface area contributed by atoms with Gasteiger partial charge < -0.3 is 14.4 Å². The van der Waals surface area contributed by atoms with E-state index in [4.69, 9.17) is 11.6 Å². The van der Waals surface area contributed by atoms with Gasteiger partial charge in [-0.05, 0) is 75.6 Å². The van der Waals surface area contributed by atoms with Gasteiger partial charge in [0.25, 0.3) is 5.56 Å². The van der Waals surface area contributed by atoms with Crippen LogP contribution in [0.3, 0.4) is 0 Å². The topological polar surface area (TPSA) is 78.0 Å². The van der Waals surface area contributed by atoms with Gasteiger partial charge in [-0.3, -0.25) is 4.79 Å². The zero-order valence-corrected chi connectivity index (χ0v) is 22.3. The Labute approximate surface area is 221 Å². The molecule has 0 saturated heterocycles. The molecule has 194 valence electrons. The molecule has 0 bridgehead atoms. The third-order valence-corrected chi connectivity index (χ3v) is 8.52. The Morgan fingerprint density at radius 2 is 1.81 bits per heavy atom. The molecule has 0 spiro atoms. The quantitative estimate of drug-likeness (QED) is 0.406. The molecule has 0 aromatic carbocycles. The normalized spacial score (nSPS) is 19.9. The van der Waals surface area contributed by atoms with Gasteiger partial charge in [-0.1, -0.05) is 18.0 Å². The van der Waals surface area contributed by atoms with Crippen LogP contribution in [0.2, 0.25) is 5.15 Å². The number of halogens is 2. The van der Waals surface area contributed by atoms with Crippen LogP contribution in [0.5, 0.6) is 0 Å². The summed E-state index contributed by atoms with van der Waals surface area (Å²) in [4.78, 5) is 26.1. The van der Waals surface area contributed by atoms with Crippen LogP contribution in [-0.2, 0) is 7.05 Å². The number of hydrogen-bond donors (Lipinski definition) is 0. The SMILES string of the molecule is Cc1nc(F)ccc1N(CC1CCC1)C1CCC(N(C)c2c(C#N)c(=O)n(C)c3ccc(Cl)nc23)CC1. The highest BCUT2D eigenvalue weighted by Crippen LogP contribution is 2.37. The lowest BCUT2D eigenvalue weighted by Crippen LogP contribution is -2.46. The highest BCUT2D eigenvalue weighted by atomic mass is 35.5. The molecule has 0 unspecified atom stereocenters. The van der Waals surface area contributed by atoms with E-state index in [1.165, 1.54) is 29.9 Å². The molecule has 2 saturated carbocycles. The van der Waals surface area contributed by atoms with Gasteiger partial charge in [0.15, 0.2) is 0 Å². The van der Waals surface area contributed by atoms with E-state index in [1.807, 2.05) is 20.0 Å². The first kappa shape index (κ1) is 25.5. The van der Waals surface area contributed by atoms with Crippen LogP contribution in [0.4, 0.5) is 15.8 Å². The predicted octanol–water partition coefficient (Wildman–Crippen LogP) is 5.36. The largest absolute Gasteiger partial charge is 0.369 e. The van der Waals surface area contributed by atoms with E-state index in [2.05, 4.69) is 25.8 Å². The summed E-state index contributed by atoms with van der Waals surface area (Å²) in [6.45, 7) is 2.86. The Kier molecular flexibility index (Phi) is 7.09. The Hall–Kier alpha value is -3.18. The summed E-state index contributed by atoms with van der Waals surface area (Å²) in [6.07, 6.45) is 7.47. The van der Waals surface area contributed by atoms with Gasteiger partial charge in [0.1, 0.15) is 22.3 Å². The van der Waals surface area contributed by atoms with E-state index in [9.17, 15) is 14.4 Å². The van der Waals surface area contributed by atoms with Crippen LogP contribution >= 0.6 is 11.6 Å². The number of hydrogen-bond acceptors (Lipinski definition) is 6.